The monoisotopic (exact) mass is 468 g/mol. The van der Waals surface area contributed by atoms with Gasteiger partial charge in [0.1, 0.15) is 5.78 Å². The lowest BCUT2D eigenvalue weighted by atomic mass is 9.71. The second kappa shape index (κ2) is 10.1. The molecule has 4 atom stereocenters. The van der Waals surface area contributed by atoms with Gasteiger partial charge in [-0.1, -0.05) is 30.9 Å². The fourth-order valence-electron chi connectivity index (χ4n) is 6.06. The van der Waals surface area contributed by atoms with Gasteiger partial charge in [-0.2, -0.15) is 0 Å². The molecule has 1 aromatic carbocycles. The highest BCUT2D eigenvalue weighted by molar-refractivity contribution is 5.89. The van der Waals surface area contributed by atoms with E-state index in [1.54, 1.807) is 0 Å². The number of benzene rings is 1. The number of carbonyl (C=O) groups excluding carboxylic acids is 1. The average Bonchev–Trinajstić information content (AvgIpc) is 3.12. The maximum absolute atomic E-state index is 13.4. The van der Waals surface area contributed by atoms with Crippen molar-refractivity contribution in [2.24, 2.45) is 29.6 Å². The van der Waals surface area contributed by atoms with Crippen LogP contribution >= 0.6 is 0 Å². The maximum Gasteiger partial charge on any atom is 0.251 e. The molecule has 2 aromatic rings. The minimum absolute atomic E-state index is 0.0544. The zero-order chi connectivity index (χ0) is 24.4. The smallest absolute Gasteiger partial charge is 0.251 e. The number of carbonyl (C=O) groups is 1. The van der Waals surface area contributed by atoms with Crippen LogP contribution in [0, 0.1) is 22.0 Å². The third kappa shape index (κ3) is 4.94. The van der Waals surface area contributed by atoms with Gasteiger partial charge < -0.3 is 15.2 Å². The largest absolute Gasteiger partial charge is 0.365 e. The molecule has 4 rings (SSSR count). The molecule has 1 aromatic heterocycles. The van der Waals surface area contributed by atoms with Crippen molar-refractivity contribution in [1.82, 2.24) is 14.9 Å². The first-order valence-electron chi connectivity index (χ1n) is 12.3. The van der Waals surface area contributed by atoms with E-state index in [0.29, 0.717) is 36.6 Å². The van der Waals surface area contributed by atoms with Crippen LogP contribution in [-0.4, -0.2) is 52.4 Å². The Morgan fingerprint density at radius 2 is 2.18 bits per heavy atom. The fourth-order valence-corrected chi connectivity index (χ4v) is 6.06. The van der Waals surface area contributed by atoms with Crippen molar-refractivity contribution in [2.45, 2.75) is 57.4 Å². The second-order valence-corrected chi connectivity index (χ2v) is 9.98. The van der Waals surface area contributed by atoms with E-state index in [0.717, 1.165) is 38.6 Å². The molecule has 1 aliphatic carbocycles. The SMILES string of the molecule is CC[C@H](CCCN=C(N)N[N+](=O)[O-])CC(=O)C1C[C@@H]2c3cccc4c3c(cn4C)C[C@H]2N(C)C1. The highest BCUT2D eigenvalue weighted by atomic mass is 16.7. The highest BCUT2D eigenvalue weighted by Crippen LogP contribution is 2.45. The molecule has 1 unspecified atom stereocenters. The Morgan fingerprint density at radius 1 is 1.38 bits per heavy atom. The Kier molecular flexibility index (Phi) is 7.21. The molecule has 2 aliphatic rings. The predicted octanol–water partition coefficient (Wildman–Crippen LogP) is 3.00. The standard InChI is InChI=1S/C25H36N6O3/c1-4-16(7-6-10-27-25(26)28-31(33)34)11-23(32)17-12-20-19-8-5-9-21-24(19)18(15-29(21)2)13-22(20)30(3)14-17/h5,8-9,15-17,20,22H,4,6-7,10-14H2,1-3H3,(H3,26,27,28)/t16-,17?,20-,22-/m1/s1. The first kappa shape index (κ1) is 24.2. The summed E-state index contributed by atoms with van der Waals surface area (Å²) >= 11 is 0. The number of nitrogens with two attached hydrogens (primary N) is 1. The summed E-state index contributed by atoms with van der Waals surface area (Å²) in [5.74, 6) is 0.918. The van der Waals surface area contributed by atoms with Gasteiger partial charge in [-0.25, -0.2) is 15.1 Å². The van der Waals surface area contributed by atoms with E-state index in [4.69, 9.17) is 5.73 Å². The molecule has 3 N–H and O–H groups in total. The number of guanidine groups is 1. The topological polar surface area (TPSA) is 119 Å². The molecule has 1 aliphatic heterocycles. The molecule has 34 heavy (non-hydrogen) atoms. The normalized spacial score (nSPS) is 23.5. The van der Waals surface area contributed by atoms with Crippen LogP contribution in [0.1, 0.15) is 56.1 Å². The Hall–Kier alpha value is -2.94. The van der Waals surface area contributed by atoms with E-state index in [1.807, 2.05) is 5.43 Å². The van der Waals surface area contributed by atoms with Gasteiger partial charge in [0.15, 0.2) is 5.03 Å². The summed E-state index contributed by atoms with van der Waals surface area (Å²) in [6.07, 6.45) is 7.36. The summed E-state index contributed by atoms with van der Waals surface area (Å²) in [4.78, 5) is 30.2. The van der Waals surface area contributed by atoms with Crippen molar-refractivity contribution < 1.29 is 9.83 Å². The number of hydrogen-bond acceptors (Lipinski definition) is 5. The van der Waals surface area contributed by atoms with Gasteiger partial charge in [-0.05, 0) is 55.8 Å². The van der Waals surface area contributed by atoms with E-state index >= 15 is 0 Å². The van der Waals surface area contributed by atoms with E-state index < -0.39 is 5.03 Å². The maximum atomic E-state index is 13.4. The van der Waals surface area contributed by atoms with Crippen LogP contribution in [0.25, 0.3) is 10.9 Å². The van der Waals surface area contributed by atoms with Crippen molar-refractivity contribution in [2.75, 3.05) is 20.1 Å². The minimum Gasteiger partial charge on any atom is -0.365 e. The summed E-state index contributed by atoms with van der Waals surface area (Å²) in [7, 11) is 4.29. The molecule has 9 nitrogen and oxygen atoms in total. The number of aryl methyl sites for hydroxylation is 1. The van der Waals surface area contributed by atoms with Crippen LogP contribution in [0.3, 0.4) is 0 Å². The number of fused-ring (bicyclic) bond motifs is 2. The third-order valence-electron chi connectivity index (χ3n) is 7.81. The number of aliphatic imine (C=N–C) groups is 1. The van der Waals surface area contributed by atoms with Crippen LogP contribution in [0.2, 0.25) is 0 Å². The number of piperidine rings is 1. The van der Waals surface area contributed by atoms with Gasteiger partial charge in [0.05, 0.1) is 0 Å². The Bertz CT molecular complexity index is 1090. The molecule has 0 saturated carbocycles. The second-order valence-electron chi connectivity index (χ2n) is 9.98. The lowest BCUT2D eigenvalue weighted by molar-refractivity contribution is -0.525. The van der Waals surface area contributed by atoms with Crippen LogP contribution in [0.15, 0.2) is 29.4 Å². The number of likely N-dealkylation sites (N-methyl/N-ethyl adjacent to an activating group) is 1. The predicted molar refractivity (Wildman–Crippen MR) is 133 cm³/mol. The van der Waals surface area contributed by atoms with E-state index in [2.05, 4.69) is 59.9 Å². The molecular formula is C25H36N6O3. The highest BCUT2D eigenvalue weighted by Gasteiger charge is 2.41. The zero-order valence-corrected chi connectivity index (χ0v) is 20.4. The quantitative estimate of drug-likeness (QED) is 0.192. The van der Waals surface area contributed by atoms with Crippen LogP contribution in [-0.2, 0) is 18.3 Å². The van der Waals surface area contributed by atoms with Gasteiger partial charge in [-0.15, -0.1) is 0 Å². The van der Waals surface area contributed by atoms with Gasteiger partial charge in [0.25, 0.3) is 5.96 Å². The molecular weight excluding hydrogens is 432 g/mol. The number of hydrogen-bond donors (Lipinski definition) is 2. The number of nitro groups is 1. The van der Waals surface area contributed by atoms with Gasteiger partial charge >= 0.3 is 0 Å². The number of ketones is 1. The van der Waals surface area contributed by atoms with Crippen molar-refractivity contribution in [3.05, 3.63) is 45.6 Å². The Morgan fingerprint density at radius 3 is 2.91 bits per heavy atom. The van der Waals surface area contributed by atoms with Crippen LogP contribution in [0.4, 0.5) is 0 Å². The Labute approximate surface area is 200 Å². The molecule has 0 amide bonds. The summed E-state index contributed by atoms with van der Waals surface area (Å²) in [5, 5.41) is 11.1. The molecule has 1 fully saturated rings. The molecule has 184 valence electrons. The van der Waals surface area contributed by atoms with Crippen molar-refractivity contribution >= 4 is 22.6 Å². The molecule has 0 bridgehead atoms. The summed E-state index contributed by atoms with van der Waals surface area (Å²) in [6, 6.07) is 7.05. The first-order chi connectivity index (χ1) is 16.3. The summed E-state index contributed by atoms with van der Waals surface area (Å²) < 4.78 is 2.23. The van der Waals surface area contributed by atoms with E-state index in [9.17, 15) is 14.9 Å². The van der Waals surface area contributed by atoms with Gasteiger partial charge in [0, 0.05) is 61.5 Å². The van der Waals surface area contributed by atoms with Gasteiger partial charge in [-0.3, -0.25) is 4.79 Å². The van der Waals surface area contributed by atoms with Gasteiger partial charge in [0.2, 0.25) is 0 Å². The number of likely N-dealkylation sites (tertiary alicyclic amines) is 1. The van der Waals surface area contributed by atoms with E-state index in [1.165, 1.54) is 22.0 Å². The zero-order valence-electron chi connectivity index (χ0n) is 20.4. The number of Topliss-reactive ketones (excluding diaryl/α,β-unsaturated/α-hetero) is 1. The number of nitrogens with one attached hydrogen (secondary N) is 1. The molecule has 0 spiro atoms. The van der Waals surface area contributed by atoms with E-state index in [-0.39, 0.29) is 11.9 Å². The van der Waals surface area contributed by atoms with Crippen molar-refractivity contribution in [3.63, 3.8) is 0 Å². The fraction of sp³-hybridized carbons (Fsp3) is 0.600. The number of aromatic nitrogens is 1. The number of nitrogens with zero attached hydrogens (tertiary/aromatic N) is 4. The van der Waals surface area contributed by atoms with Crippen LogP contribution in [0.5, 0.6) is 0 Å². The lowest BCUT2D eigenvalue weighted by Gasteiger charge is -2.45. The minimum atomic E-state index is -0.719. The van der Waals surface area contributed by atoms with Crippen molar-refractivity contribution in [1.29, 1.82) is 0 Å². The average molecular weight is 469 g/mol. The van der Waals surface area contributed by atoms with Crippen molar-refractivity contribution in [3.8, 4) is 0 Å². The molecule has 2 heterocycles. The summed E-state index contributed by atoms with van der Waals surface area (Å²) in [6.45, 7) is 3.35. The molecule has 9 heteroatoms. The first-order valence-corrected chi connectivity index (χ1v) is 12.3. The Balaban J connectivity index is 1.39. The molecule has 0 radical (unpaired) electrons. The number of hydrazine groups is 1. The number of rotatable bonds is 9. The third-order valence-corrected chi connectivity index (χ3v) is 7.81. The van der Waals surface area contributed by atoms with Crippen LogP contribution < -0.4 is 11.2 Å². The lowest BCUT2D eigenvalue weighted by Crippen LogP contribution is -2.49. The molecule has 1 saturated heterocycles. The summed E-state index contributed by atoms with van der Waals surface area (Å²) in [5.41, 5.74) is 11.4.